The van der Waals surface area contributed by atoms with Crippen molar-refractivity contribution in [3.63, 3.8) is 0 Å². The van der Waals surface area contributed by atoms with Crippen LogP contribution in [0.15, 0.2) is 58.5 Å². The second-order valence-electron chi connectivity index (χ2n) is 26.5. The number of hydrogen-bond acceptors (Lipinski definition) is 6. The molecule has 13 heteroatoms. The van der Waals surface area contributed by atoms with Crippen LogP contribution in [0.5, 0.6) is 0 Å². The Bertz CT molecular complexity index is 2230. The highest BCUT2D eigenvalue weighted by Crippen LogP contribution is 2.67. The summed E-state index contributed by atoms with van der Waals surface area (Å²) in [6.07, 6.45) is 10.4. The number of hydrogen-bond donors (Lipinski definition) is 4. The topological polar surface area (TPSA) is 115 Å². The van der Waals surface area contributed by atoms with Crippen molar-refractivity contribution >= 4 is 9.84 Å². The van der Waals surface area contributed by atoms with Gasteiger partial charge in [0.05, 0.1) is 21.3 Å². The maximum Gasteiger partial charge on any atom is 0.416 e. The highest BCUT2D eigenvalue weighted by Gasteiger charge is 2.61. The smallest absolute Gasteiger partial charge is 0.390 e. The Morgan fingerprint density at radius 2 is 1.03 bits per heavy atom. The molecule has 1 aromatic carbocycles. The Morgan fingerprint density at radius 3 is 1.47 bits per heavy atom. The van der Waals surface area contributed by atoms with E-state index in [0.29, 0.717) is 66.6 Å². The van der Waals surface area contributed by atoms with Crippen molar-refractivity contribution in [1.29, 1.82) is 0 Å². The number of allylic oxidation sites excluding steroid dienone is 2. The molecule has 0 amide bonds. The molecule has 1 unspecified atom stereocenters. The van der Waals surface area contributed by atoms with Gasteiger partial charge in [0.1, 0.15) is 0 Å². The number of benzene rings is 1. The van der Waals surface area contributed by atoms with E-state index in [2.05, 4.69) is 32.9 Å². The minimum absolute atomic E-state index is 0. The summed E-state index contributed by atoms with van der Waals surface area (Å²) in [6, 6.07) is 7.73. The zero-order valence-electron chi connectivity index (χ0n) is 43.8. The molecule has 4 N–H and O–H groups in total. The number of alkyl halides is 6. The predicted molar refractivity (Wildman–Crippen MR) is 292 cm³/mol. The molecule has 0 bridgehead atoms. The van der Waals surface area contributed by atoms with Crippen LogP contribution >= 0.6 is 0 Å². The molecule has 1 aromatic rings. The van der Waals surface area contributed by atoms with Crippen LogP contribution in [0.3, 0.4) is 0 Å². The van der Waals surface area contributed by atoms with Gasteiger partial charge < -0.3 is 20.4 Å². The van der Waals surface area contributed by atoms with Crippen molar-refractivity contribution < 1.29 is 55.2 Å². The summed E-state index contributed by atoms with van der Waals surface area (Å²) >= 11 is 0. The van der Waals surface area contributed by atoms with Crippen LogP contribution in [0.2, 0.25) is 0 Å². The SMILES string of the molecule is C.C.C.C.C[C@H](C(C[C@](C)(O)C(F)(F)F)S(=O)(=O)c1ccccc1)[C@H]1CC[C@H]2[C@@H]3CC=C4C[C@@](C)(O)CC[C@@H]4[C@H]3CC[C@]12C.C[C@H](CC[C@](C)(O)C(F)(F)F)[C@H]1CC[C@H]2[C@@H]3CC=C4C[C@@](C)(O)CC[C@@H]4[C@H]3CC[C@]12C. The molecule has 0 aromatic heterocycles. The molecule has 6 saturated carbocycles. The molecule has 19 atom stereocenters. The summed E-state index contributed by atoms with van der Waals surface area (Å²) in [4.78, 5) is 0.00589. The van der Waals surface area contributed by atoms with Gasteiger partial charge in [-0.05, 0) is 237 Å². The monoisotopic (exact) mass is 1090 g/mol. The van der Waals surface area contributed by atoms with Gasteiger partial charge in [-0.2, -0.15) is 26.3 Å². The van der Waals surface area contributed by atoms with Crippen LogP contribution < -0.4 is 0 Å². The van der Waals surface area contributed by atoms with Gasteiger partial charge >= 0.3 is 12.4 Å². The van der Waals surface area contributed by atoms with Gasteiger partial charge in [-0.3, -0.25) is 0 Å². The predicted octanol–water partition coefficient (Wildman–Crippen LogP) is 16.3. The van der Waals surface area contributed by atoms with Crippen LogP contribution in [0, 0.1) is 81.8 Å². The molecule has 0 aliphatic heterocycles. The molecule has 8 aliphatic rings. The fourth-order valence-corrected chi connectivity index (χ4v) is 20.0. The fourth-order valence-electron chi connectivity index (χ4n) is 17.8. The largest absolute Gasteiger partial charge is 0.416 e. The summed E-state index contributed by atoms with van der Waals surface area (Å²) in [5, 5.41) is 40.2. The zero-order valence-corrected chi connectivity index (χ0v) is 44.6. The standard InChI is InChI=1S/C32H45F3O4S.C26H41F3O2.4CH4/c1-20(28(19-31(4,37)32(33,34)35)40(38,39)22-8-6-5-7-9-22)26-12-13-27-25-11-10-21-18-29(2,36)16-14-23(21)24(25)15-17-30(26,27)3;1-16(9-14-25(4,31)26(27,28)29)21-7-8-22-20-6-5-17-15-23(2,30)12-10-18(17)19(20)11-13-24(21,22)3;;;;/h5-10,20,23-28,36-37H,11-19H2,1-4H3;5,16,18-22,30-31H,6-15H2,1-4H3;4*1H4/t20-,23-,24+,25+,26+,27-,28?,29-,30+,31-;16-,18+,19-,20-,21-,22+,23+,24-,25+;;;;/m01..../s1. The van der Waals surface area contributed by atoms with Crippen LogP contribution in [0.1, 0.15) is 207 Å². The van der Waals surface area contributed by atoms with Gasteiger partial charge in [0, 0.05) is 6.42 Å². The van der Waals surface area contributed by atoms with Gasteiger partial charge in [0.2, 0.25) is 0 Å². The number of halogens is 6. The van der Waals surface area contributed by atoms with Crippen molar-refractivity contribution in [2.24, 2.45) is 81.8 Å². The van der Waals surface area contributed by atoms with Gasteiger partial charge in [0.15, 0.2) is 21.0 Å². The van der Waals surface area contributed by atoms with Crippen molar-refractivity contribution in [3.05, 3.63) is 53.6 Å². The Morgan fingerprint density at radius 1 is 0.600 bits per heavy atom. The molecule has 8 aliphatic carbocycles. The first-order valence-corrected chi connectivity index (χ1v) is 29.0. The average Bonchev–Trinajstić information content (AvgIpc) is 3.83. The van der Waals surface area contributed by atoms with Crippen LogP contribution in [-0.2, 0) is 9.84 Å². The van der Waals surface area contributed by atoms with E-state index < -0.39 is 62.2 Å². The Labute approximate surface area is 450 Å². The minimum atomic E-state index is -4.94. The highest BCUT2D eigenvalue weighted by molar-refractivity contribution is 7.92. The molecule has 434 valence electrons. The first-order valence-electron chi connectivity index (χ1n) is 27.4. The first kappa shape index (κ1) is 65.6. The van der Waals surface area contributed by atoms with E-state index in [1.54, 1.807) is 18.2 Å². The maximum atomic E-state index is 13.9. The van der Waals surface area contributed by atoms with Crippen molar-refractivity contribution in [3.8, 4) is 0 Å². The summed E-state index contributed by atoms with van der Waals surface area (Å²) in [6.45, 7) is 14.1. The van der Waals surface area contributed by atoms with E-state index in [0.717, 1.165) is 90.4 Å². The lowest BCUT2D eigenvalue weighted by Gasteiger charge is -2.55. The molecular formula is C62H102F6O6S. The van der Waals surface area contributed by atoms with Gasteiger partial charge in [-0.1, -0.05) is 98.9 Å². The lowest BCUT2D eigenvalue weighted by molar-refractivity contribution is -0.256. The molecule has 0 saturated heterocycles. The summed E-state index contributed by atoms with van der Waals surface area (Å²) < 4.78 is 109. The molecule has 0 spiro atoms. The van der Waals surface area contributed by atoms with E-state index in [-0.39, 0.29) is 63.7 Å². The Kier molecular flexibility index (Phi) is 20.0. The van der Waals surface area contributed by atoms with Gasteiger partial charge in [-0.25, -0.2) is 8.42 Å². The third-order valence-corrected chi connectivity index (χ3v) is 24.2. The molecule has 6 nitrogen and oxygen atoms in total. The highest BCUT2D eigenvalue weighted by atomic mass is 32.2. The van der Waals surface area contributed by atoms with E-state index >= 15 is 0 Å². The second-order valence-corrected chi connectivity index (χ2v) is 28.7. The molecular weight excluding hydrogens is 987 g/mol. The van der Waals surface area contributed by atoms with Gasteiger partial charge in [0.25, 0.3) is 0 Å². The van der Waals surface area contributed by atoms with Crippen molar-refractivity contribution in [1.82, 2.24) is 0 Å². The fraction of sp³-hybridized carbons (Fsp3) is 0.839. The Balaban J connectivity index is 0.000000317. The summed E-state index contributed by atoms with van der Waals surface area (Å²) in [5.41, 5.74) is -3.98. The average molecular weight is 1090 g/mol. The van der Waals surface area contributed by atoms with Crippen molar-refractivity contribution in [2.45, 2.75) is 252 Å². The zero-order chi connectivity index (χ0) is 52.1. The molecule has 9 rings (SSSR count). The van der Waals surface area contributed by atoms with E-state index in [4.69, 9.17) is 0 Å². The van der Waals surface area contributed by atoms with E-state index in [9.17, 15) is 55.2 Å². The molecule has 75 heavy (non-hydrogen) atoms. The second kappa shape index (κ2) is 22.9. The quantitative estimate of drug-likeness (QED) is 0.137. The van der Waals surface area contributed by atoms with Crippen LogP contribution in [-0.4, -0.2) is 68.9 Å². The first-order chi connectivity index (χ1) is 32.7. The molecule has 0 radical (unpaired) electrons. The van der Waals surface area contributed by atoms with Crippen LogP contribution in [0.4, 0.5) is 26.3 Å². The molecule has 0 heterocycles. The van der Waals surface area contributed by atoms with E-state index in [1.165, 1.54) is 42.5 Å². The number of sulfone groups is 1. The normalized spacial score (nSPS) is 39.8. The van der Waals surface area contributed by atoms with E-state index in [1.807, 2.05) is 20.8 Å². The number of aliphatic hydroxyl groups is 4. The lowest BCUT2D eigenvalue weighted by atomic mass is 9.50. The lowest BCUT2D eigenvalue weighted by Crippen LogP contribution is -2.51. The van der Waals surface area contributed by atoms with Crippen molar-refractivity contribution in [2.75, 3.05) is 0 Å². The number of rotatable bonds is 10. The molecule has 6 fully saturated rings. The van der Waals surface area contributed by atoms with Gasteiger partial charge in [-0.15, -0.1) is 0 Å². The Hall–Kier alpha value is -1.93. The number of fused-ring (bicyclic) bond motifs is 10. The maximum absolute atomic E-state index is 13.9. The third kappa shape index (κ3) is 12.4. The third-order valence-electron chi connectivity index (χ3n) is 21.9. The van der Waals surface area contributed by atoms with Crippen LogP contribution in [0.25, 0.3) is 0 Å². The summed E-state index contributed by atoms with van der Waals surface area (Å²) in [5.74, 6) is 4.64. The summed E-state index contributed by atoms with van der Waals surface area (Å²) in [7, 11) is -4.14. The minimum Gasteiger partial charge on any atom is -0.390 e.